The fraction of sp³-hybridized carbons (Fsp3) is 0.158. The number of rotatable bonds is 1. The van der Waals surface area contributed by atoms with Crippen LogP contribution in [0.3, 0.4) is 0 Å². The van der Waals surface area contributed by atoms with Crippen molar-refractivity contribution in [3.8, 4) is 0 Å². The normalized spacial score (nSPS) is 25.0. The van der Waals surface area contributed by atoms with E-state index in [-0.39, 0.29) is 24.0 Å². The molecule has 0 fully saturated rings. The minimum atomic E-state index is -0.901. The van der Waals surface area contributed by atoms with Gasteiger partial charge in [-0.05, 0) is 41.5 Å². The van der Waals surface area contributed by atoms with Crippen LogP contribution in [-0.2, 0) is 15.0 Å². The van der Waals surface area contributed by atoms with Gasteiger partial charge in [-0.15, -0.1) is 0 Å². The Morgan fingerprint density at radius 1 is 1.00 bits per heavy atom. The van der Waals surface area contributed by atoms with Gasteiger partial charge in [0.2, 0.25) is 5.91 Å². The van der Waals surface area contributed by atoms with E-state index in [2.05, 4.69) is 5.32 Å². The Kier molecular flexibility index (Phi) is 3.52. The van der Waals surface area contributed by atoms with Crippen molar-refractivity contribution in [3.63, 3.8) is 0 Å². The molecule has 0 saturated heterocycles. The van der Waals surface area contributed by atoms with Crippen LogP contribution in [0.2, 0.25) is 10.0 Å². The number of hydrogen-bond donors (Lipinski definition) is 1. The van der Waals surface area contributed by atoms with Crippen molar-refractivity contribution in [3.05, 3.63) is 75.8 Å². The molecule has 1 N–H and O–H groups in total. The summed E-state index contributed by atoms with van der Waals surface area (Å²) in [7, 11) is 0. The van der Waals surface area contributed by atoms with Gasteiger partial charge in [-0.3, -0.25) is 9.59 Å². The second kappa shape index (κ2) is 5.47. The summed E-state index contributed by atoms with van der Waals surface area (Å²) in [5, 5.41) is 4.09. The Bertz CT molecular complexity index is 889. The highest BCUT2D eigenvalue weighted by molar-refractivity contribution is 6.31. The van der Waals surface area contributed by atoms with E-state index in [1.807, 2.05) is 18.2 Å². The molecule has 2 aromatic rings. The summed E-state index contributed by atoms with van der Waals surface area (Å²) in [6.45, 7) is 0. The van der Waals surface area contributed by atoms with Gasteiger partial charge >= 0.3 is 0 Å². The predicted molar refractivity (Wildman–Crippen MR) is 94.7 cm³/mol. The number of carbonyl (C=O) groups is 2. The number of fused-ring (bicyclic) bond motifs is 2. The van der Waals surface area contributed by atoms with Crippen molar-refractivity contribution in [1.29, 1.82) is 0 Å². The van der Waals surface area contributed by atoms with Crippen LogP contribution in [0.15, 0.2) is 54.6 Å². The van der Waals surface area contributed by atoms with E-state index in [0.717, 1.165) is 11.1 Å². The van der Waals surface area contributed by atoms with Gasteiger partial charge in [-0.1, -0.05) is 47.5 Å². The quantitative estimate of drug-likeness (QED) is 0.816. The predicted octanol–water partition coefficient (Wildman–Crippen LogP) is 4.50. The lowest BCUT2D eigenvalue weighted by molar-refractivity contribution is -0.121. The van der Waals surface area contributed by atoms with Gasteiger partial charge in [-0.25, -0.2) is 0 Å². The van der Waals surface area contributed by atoms with Gasteiger partial charge in [0.15, 0.2) is 5.78 Å². The minimum absolute atomic E-state index is 0.00999. The van der Waals surface area contributed by atoms with E-state index in [0.29, 0.717) is 15.7 Å². The fourth-order valence-electron chi connectivity index (χ4n) is 3.69. The topological polar surface area (TPSA) is 46.2 Å². The van der Waals surface area contributed by atoms with Crippen LogP contribution in [0, 0.1) is 0 Å². The second-order valence-electron chi connectivity index (χ2n) is 6.12. The molecular formula is C19H13Cl2NO2. The second-order valence-corrected chi connectivity index (χ2v) is 6.99. The molecule has 0 aromatic heterocycles. The number of ketones is 1. The van der Waals surface area contributed by atoms with Crippen molar-refractivity contribution in [2.45, 2.75) is 17.8 Å². The number of anilines is 1. The largest absolute Gasteiger partial charge is 0.325 e. The lowest BCUT2D eigenvalue weighted by atomic mass is 9.64. The summed E-state index contributed by atoms with van der Waals surface area (Å²) in [5.41, 5.74) is 1.56. The number of carbonyl (C=O) groups excluding carboxylic acids is 2. The molecule has 2 aromatic carbocycles. The lowest BCUT2D eigenvalue weighted by Gasteiger charge is -2.36. The first-order valence-corrected chi connectivity index (χ1v) is 8.35. The average molecular weight is 358 g/mol. The number of hydrogen-bond acceptors (Lipinski definition) is 2. The Morgan fingerprint density at radius 2 is 1.71 bits per heavy atom. The molecule has 5 heteroatoms. The molecule has 1 aliphatic carbocycles. The number of allylic oxidation sites excluding steroid dienone is 1. The molecule has 2 atom stereocenters. The van der Waals surface area contributed by atoms with Crippen LogP contribution in [-0.4, -0.2) is 11.7 Å². The van der Waals surface area contributed by atoms with Crippen molar-refractivity contribution in [2.24, 2.45) is 0 Å². The molecule has 24 heavy (non-hydrogen) atoms. The van der Waals surface area contributed by atoms with Crippen LogP contribution < -0.4 is 5.32 Å². The van der Waals surface area contributed by atoms with Gasteiger partial charge < -0.3 is 5.32 Å². The maximum absolute atomic E-state index is 12.9. The van der Waals surface area contributed by atoms with Crippen molar-refractivity contribution in [1.82, 2.24) is 0 Å². The molecule has 0 bridgehead atoms. The van der Waals surface area contributed by atoms with E-state index in [9.17, 15) is 9.59 Å². The van der Waals surface area contributed by atoms with E-state index in [1.165, 1.54) is 6.08 Å². The number of amides is 1. The third-order valence-corrected chi connectivity index (χ3v) is 5.30. The maximum atomic E-state index is 12.9. The van der Waals surface area contributed by atoms with E-state index in [1.54, 1.807) is 30.3 Å². The fourth-order valence-corrected chi connectivity index (χ4v) is 3.98. The van der Waals surface area contributed by atoms with Crippen LogP contribution in [0.25, 0.3) is 0 Å². The SMILES string of the molecule is O=C1C=C[C@@]2(C(=O)Nc3cc(Cl)ccc32)[C@H](c2ccc(Cl)cc2)C1. The average Bonchev–Trinajstić information content (AvgIpc) is 2.82. The third-order valence-electron chi connectivity index (χ3n) is 4.81. The molecule has 120 valence electrons. The van der Waals surface area contributed by atoms with Crippen LogP contribution in [0.5, 0.6) is 0 Å². The van der Waals surface area contributed by atoms with Gasteiger partial charge in [0.25, 0.3) is 0 Å². The summed E-state index contributed by atoms with van der Waals surface area (Å²) in [5.74, 6) is -0.408. The summed E-state index contributed by atoms with van der Waals surface area (Å²) in [4.78, 5) is 25.0. The zero-order valence-corrected chi connectivity index (χ0v) is 14.1. The summed E-state index contributed by atoms with van der Waals surface area (Å²) in [6, 6.07) is 12.7. The molecule has 2 aliphatic rings. The molecule has 3 nitrogen and oxygen atoms in total. The zero-order valence-electron chi connectivity index (χ0n) is 12.6. The number of nitrogens with one attached hydrogen (secondary N) is 1. The van der Waals surface area contributed by atoms with Crippen LogP contribution in [0.4, 0.5) is 5.69 Å². The first-order valence-electron chi connectivity index (χ1n) is 7.60. The first kappa shape index (κ1) is 15.4. The number of halogens is 2. The van der Waals surface area contributed by atoms with E-state index in [4.69, 9.17) is 23.2 Å². The lowest BCUT2D eigenvalue weighted by Crippen LogP contribution is -2.41. The Morgan fingerprint density at radius 3 is 2.46 bits per heavy atom. The summed E-state index contributed by atoms with van der Waals surface area (Å²) < 4.78 is 0. The maximum Gasteiger partial charge on any atom is 0.239 e. The molecule has 1 amide bonds. The monoisotopic (exact) mass is 357 g/mol. The van der Waals surface area contributed by atoms with Crippen molar-refractivity contribution in [2.75, 3.05) is 5.32 Å². The first-order chi connectivity index (χ1) is 11.5. The van der Waals surface area contributed by atoms with Gasteiger partial charge in [0, 0.05) is 28.1 Å². The van der Waals surface area contributed by atoms with Crippen molar-refractivity contribution < 1.29 is 9.59 Å². The minimum Gasteiger partial charge on any atom is -0.325 e. The standard InChI is InChI=1S/C19H13Cl2NO2/c20-12-3-1-11(2-4-12)16-10-14(23)7-8-19(16)15-6-5-13(21)9-17(15)22-18(19)24/h1-9,16H,10H2,(H,22,24)/t16-,19-/m0/s1. The molecule has 4 rings (SSSR count). The molecule has 0 radical (unpaired) electrons. The zero-order chi connectivity index (χ0) is 16.9. The Balaban J connectivity index is 1.93. The van der Waals surface area contributed by atoms with Crippen LogP contribution in [0.1, 0.15) is 23.5 Å². The summed E-state index contributed by atoms with van der Waals surface area (Å²) in [6.07, 6.45) is 3.51. The highest BCUT2D eigenvalue weighted by atomic mass is 35.5. The van der Waals surface area contributed by atoms with Crippen molar-refractivity contribution >= 4 is 40.6 Å². The third kappa shape index (κ3) is 2.20. The highest BCUT2D eigenvalue weighted by Gasteiger charge is 2.53. The smallest absolute Gasteiger partial charge is 0.239 e. The molecule has 0 saturated carbocycles. The number of benzene rings is 2. The van der Waals surface area contributed by atoms with Gasteiger partial charge in [0.05, 0.1) is 0 Å². The summed E-state index contributed by atoms with van der Waals surface area (Å²) >= 11 is 12.0. The molecule has 0 unspecified atom stereocenters. The Labute approximate surface area is 149 Å². The molecular weight excluding hydrogens is 345 g/mol. The van der Waals surface area contributed by atoms with Crippen LogP contribution >= 0.6 is 23.2 Å². The van der Waals surface area contributed by atoms with E-state index < -0.39 is 5.41 Å². The highest BCUT2D eigenvalue weighted by Crippen LogP contribution is 2.52. The van der Waals surface area contributed by atoms with Gasteiger partial charge in [-0.2, -0.15) is 0 Å². The molecule has 1 aliphatic heterocycles. The molecule has 1 heterocycles. The van der Waals surface area contributed by atoms with E-state index >= 15 is 0 Å². The molecule has 1 spiro atoms. The Hall–Kier alpha value is -2.10. The van der Waals surface area contributed by atoms with Gasteiger partial charge in [0.1, 0.15) is 5.41 Å².